The number of carbonyl (C=O) groups is 2. The van der Waals surface area contributed by atoms with Gasteiger partial charge >= 0.3 is 0 Å². The number of likely N-dealkylation sites (tertiary alicyclic amines) is 1. The van der Waals surface area contributed by atoms with Crippen molar-refractivity contribution in [2.24, 2.45) is 11.8 Å². The molecule has 3 fully saturated rings. The fourth-order valence-electron chi connectivity index (χ4n) is 4.71. The third-order valence-corrected chi connectivity index (χ3v) is 6.35. The molecule has 148 valence electrons. The van der Waals surface area contributed by atoms with E-state index in [0.29, 0.717) is 6.61 Å². The van der Waals surface area contributed by atoms with Gasteiger partial charge in [-0.25, -0.2) is 0 Å². The molecule has 0 radical (unpaired) electrons. The Bertz CT molecular complexity index is 462. The van der Waals surface area contributed by atoms with Crippen molar-refractivity contribution in [2.75, 3.05) is 26.3 Å². The van der Waals surface area contributed by atoms with Crippen LogP contribution in [-0.2, 0) is 14.3 Å². The number of aliphatic hydroxyl groups is 1. The van der Waals surface area contributed by atoms with Crippen molar-refractivity contribution in [3.63, 3.8) is 0 Å². The zero-order valence-corrected chi connectivity index (χ0v) is 15.8. The molecule has 0 aromatic carbocycles. The molecule has 1 saturated heterocycles. The molecule has 26 heavy (non-hydrogen) atoms. The number of carbonyl (C=O) groups excluding carboxylic acids is 2. The van der Waals surface area contributed by atoms with E-state index in [2.05, 4.69) is 5.32 Å². The minimum absolute atomic E-state index is 0.0552. The first-order valence-corrected chi connectivity index (χ1v) is 10.5. The van der Waals surface area contributed by atoms with Crippen molar-refractivity contribution in [2.45, 2.75) is 76.4 Å². The zero-order valence-electron chi connectivity index (χ0n) is 15.8. The largest absolute Gasteiger partial charge is 0.394 e. The van der Waals surface area contributed by atoms with Crippen LogP contribution in [0.4, 0.5) is 0 Å². The van der Waals surface area contributed by atoms with E-state index in [4.69, 9.17) is 9.84 Å². The minimum atomic E-state index is 0.0552. The first-order chi connectivity index (χ1) is 12.7. The lowest BCUT2D eigenvalue weighted by molar-refractivity contribution is -0.139. The van der Waals surface area contributed by atoms with Gasteiger partial charge in [-0.2, -0.15) is 0 Å². The van der Waals surface area contributed by atoms with Crippen LogP contribution in [0.15, 0.2) is 0 Å². The second-order valence-electron chi connectivity index (χ2n) is 8.16. The number of hydrogen-bond acceptors (Lipinski definition) is 4. The molecule has 2 saturated carbocycles. The minimum Gasteiger partial charge on any atom is -0.394 e. The summed E-state index contributed by atoms with van der Waals surface area (Å²) in [4.78, 5) is 27.0. The van der Waals surface area contributed by atoms with Gasteiger partial charge in [-0.05, 0) is 51.4 Å². The summed E-state index contributed by atoms with van der Waals surface area (Å²) >= 11 is 0. The fraction of sp³-hybridized carbons (Fsp3) is 0.900. The summed E-state index contributed by atoms with van der Waals surface area (Å²) in [5.74, 6) is 0.863. The Hall–Kier alpha value is -1.14. The topological polar surface area (TPSA) is 78.9 Å². The van der Waals surface area contributed by atoms with Crippen LogP contribution in [0.3, 0.4) is 0 Å². The highest BCUT2D eigenvalue weighted by Crippen LogP contribution is 2.29. The highest BCUT2D eigenvalue weighted by atomic mass is 16.5. The van der Waals surface area contributed by atoms with Crippen molar-refractivity contribution in [3.8, 4) is 0 Å². The molecule has 0 aromatic heterocycles. The van der Waals surface area contributed by atoms with Gasteiger partial charge < -0.3 is 20.1 Å². The number of aliphatic hydroxyl groups excluding tert-OH is 1. The molecule has 6 heteroatoms. The number of piperidine rings is 1. The smallest absolute Gasteiger partial charge is 0.225 e. The molecule has 0 bridgehead atoms. The number of rotatable bonds is 6. The quantitative estimate of drug-likeness (QED) is 0.752. The number of amides is 2. The molecular weight excluding hydrogens is 332 g/mol. The average Bonchev–Trinajstić information content (AvgIpc) is 3.22. The average molecular weight is 367 g/mol. The van der Waals surface area contributed by atoms with Crippen molar-refractivity contribution < 1.29 is 19.4 Å². The van der Waals surface area contributed by atoms with Crippen LogP contribution in [0.1, 0.15) is 64.2 Å². The van der Waals surface area contributed by atoms with Gasteiger partial charge in [-0.15, -0.1) is 0 Å². The van der Waals surface area contributed by atoms with Crippen molar-refractivity contribution >= 4 is 11.8 Å². The zero-order chi connectivity index (χ0) is 18.4. The summed E-state index contributed by atoms with van der Waals surface area (Å²) in [6, 6.07) is 0.254. The molecule has 0 unspecified atom stereocenters. The maximum absolute atomic E-state index is 12.8. The number of ether oxygens (including phenoxy) is 1. The first-order valence-electron chi connectivity index (χ1n) is 10.5. The molecule has 2 N–H and O–H groups in total. The van der Waals surface area contributed by atoms with Gasteiger partial charge in [0, 0.05) is 31.0 Å². The Balaban J connectivity index is 1.36. The van der Waals surface area contributed by atoms with E-state index in [0.717, 1.165) is 64.5 Å². The molecule has 2 aliphatic carbocycles. The van der Waals surface area contributed by atoms with Crippen LogP contribution < -0.4 is 5.32 Å². The maximum atomic E-state index is 12.8. The second kappa shape index (κ2) is 9.70. The number of hydrogen-bond donors (Lipinski definition) is 2. The SMILES string of the molecule is O=C(NC1CCC(C(=O)N2CCC(OCCO)CC2)CC1)C1CCCC1. The maximum Gasteiger partial charge on any atom is 0.225 e. The molecule has 2 amide bonds. The van der Waals surface area contributed by atoms with Gasteiger partial charge in [0.2, 0.25) is 11.8 Å². The third kappa shape index (κ3) is 5.19. The highest BCUT2D eigenvalue weighted by Gasteiger charge is 2.33. The van der Waals surface area contributed by atoms with Gasteiger partial charge in [0.15, 0.2) is 0 Å². The number of nitrogens with zero attached hydrogens (tertiary/aromatic N) is 1. The third-order valence-electron chi connectivity index (χ3n) is 6.35. The van der Waals surface area contributed by atoms with Crippen molar-refractivity contribution in [1.29, 1.82) is 0 Å². The standard InChI is InChI=1S/C20H34N2O4/c23-13-14-26-18-9-11-22(12-10-18)20(25)16-5-7-17(8-6-16)21-19(24)15-3-1-2-4-15/h15-18,23H,1-14H2,(H,21,24). The monoisotopic (exact) mass is 366 g/mol. The summed E-state index contributed by atoms with van der Waals surface area (Å²) in [7, 11) is 0. The normalized spacial score (nSPS) is 28.3. The first kappa shape index (κ1) is 19.6. The van der Waals surface area contributed by atoms with E-state index < -0.39 is 0 Å². The molecule has 3 rings (SSSR count). The van der Waals surface area contributed by atoms with E-state index in [-0.39, 0.29) is 42.4 Å². The molecular formula is C20H34N2O4. The van der Waals surface area contributed by atoms with Crippen LogP contribution in [0.25, 0.3) is 0 Å². The van der Waals surface area contributed by atoms with Crippen LogP contribution >= 0.6 is 0 Å². The lowest BCUT2D eigenvalue weighted by Crippen LogP contribution is -2.46. The summed E-state index contributed by atoms with van der Waals surface area (Å²) < 4.78 is 5.57. The van der Waals surface area contributed by atoms with Gasteiger partial charge in [-0.3, -0.25) is 9.59 Å². The predicted molar refractivity (Wildman–Crippen MR) is 98.5 cm³/mol. The summed E-state index contributed by atoms with van der Waals surface area (Å²) in [6.07, 6.45) is 9.95. The summed E-state index contributed by atoms with van der Waals surface area (Å²) in [5, 5.41) is 12.1. The Morgan fingerprint density at radius 2 is 1.58 bits per heavy atom. The van der Waals surface area contributed by atoms with E-state index in [1.807, 2.05) is 4.90 Å². The van der Waals surface area contributed by atoms with E-state index in [1.54, 1.807) is 0 Å². The molecule has 0 atom stereocenters. The predicted octanol–water partition coefficient (Wildman–Crippen LogP) is 1.85. The van der Waals surface area contributed by atoms with Gasteiger partial charge in [0.05, 0.1) is 19.3 Å². The molecule has 0 aromatic rings. The Labute approximate surface area is 156 Å². The molecule has 3 aliphatic rings. The van der Waals surface area contributed by atoms with Gasteiger partial charge in [-0.1, -0.05) is 12.8 Å². The van der Waals surface area contributed by atoms with Crippen molar-refractivity contribution in [3.05, 3.63) is 0 Å². The molecule has 1 heterocycles. The lowest BCUT2D eigenvalue weighted by atomic mass is 9.84. The molecule has 6 nitrogen and oxygen atoms in total. The number of nitrogens with one attached hydrogen (secondary N) is 1. The lowest BCUT2D eigenvalue weighted by Gasteiger charge is -2.36. The second-order valence-corrected chi connectivity index (χ2v) is 8.16. The fourth-order valence-corrected chi connectivity index (χ4v) is 4.71. The molecule has 0 spiro atoms. The highest BCUT2D eigenvalue weighted by molar-refractivity contribution is 5.80. The van der Waals surface area contributed by atoms with Crippen LogP contribution in [0, 0.1) is 11.8 Å². The van der Waals surface area contributed by atoms with Crippen LogP contribution in [0.5, 0.6) is 0 Å². The van der Waals surface area contributed by atoms with Crippen molar-refractivity contribution in [1.82, 2.24) is 10.2 Å². The summed E-state index contributed by atoms with van der Waals surface area (Å²) in [5.41, 5.74) is 0. The van der Waals surface area contributed by atoms with E-state index >= 15 is 0 Å². The van der Waals surface area contributed by atoms with Crippen LogP contribution in [-0.4, -0.2) is 60.3 Å². The Morgan fingerprint density at radius 1 is 0.923 bits per heavy atom. The Kier molecular flexibility index (Phi) is 7.32. The van der Waals surface area contributed by atoms with Gasteiger partial charge in [0.1, 0.15) is 0 Å². The Morgan fingerprint density at radius 3 is 2.19 bits per heavy atom. The van der Waals surface area contributed by atoms with E-state index in [9.17, 15) is 9.59 Å². The summed E-state index contributed by atoms with van der Waals surface area (Å²) in [6.45, 7) is 1.95. The molecule has 1 aliphatic heterocycles. The van der Waals surface area contributed by atoms with Gasteiger partial charge in [0.25, 0.3) is 0 Å². The van der Waals surface area contributed by atoms with Crippen LogP contribution in [0.2, 0.25) is 0 Å². The van der Waals surface area contributed by atoms with E-state index in [1.165, 1.54) is 12.8 Å².